The van der Waals surface area contributed by atoms with E-state index in [1.54, 1.807) is 0 Å². The lowest BCUT2D eigenvalue weighted by Crippen LogP contribution is -2.16. The molecule has 0 aliphatic carbocycles. The second-order valence-corrected chi connectivity index (χ2v) is 5.02. The van der Waals surface area contributed by atoms with E-state index in [1.165, 1.54) is 36.4 Å². The highest BCUT2D eigenvalue weighted by Crippen LogP contribution is 2.23. The van der Waals surface area contributed by atoms with Crippen molar-refractivity contribution in [1.82, 2.24) is 0 Å². The minimum atomic E-state index is -1.22. The first-order chi connectivity index (χ1) is 9.90. The number of carboxylic acid groups (broad SMARTS) is 1. The molecular weight excluding hydrogens is 343 g/mol. The molecule has 21 heavy (non-hydrogen) atoms. The highest BCUT2D eigenvalue weighted by Gasteiger charge is 2.17. The van der Waals surface area contributed by atoms with Crippen molar-refractivity contribution >= 4 is 39.2 Å². The van der Waals surface area contributed by atoms with E-state index in [-0.39, 0.29) is 27.0 Å². The minimum absolute atomic E-state index is 0.00637. The van der Waals surface area contributed by atoms with Gasteiger partial charge in [0.25, 0.3) is 5.91 Å². The van der Waals surface area contributed by atoms with Crippen LogP contribution >= 0.6 is 15.9 Å². The molecule has 0 fully saturated rings. The van der Waals surface area contributed by atoms with Crippen LogP contribution in [0.25, 0.3) is 0 Å². The molecule has 4 N–H and O–H groups in total. The molecule has 0 saturated heterocycles. The standard InChI is InChI=1S/C14H10BrFN2O3/c15-10-3-1-2-9(12(10)16)13(19)18-11-6-7(17)4-5-8(11)14(20)21/h1-6H,17H2,(H,18,19)(H,20,21). The summed E-state index contributed by atoms with van der Waals surface area (Å²) >= 11 is 2.98. The number of halogens is 2. The van der Waals surface area contributed by atoms with Crippen molar-refractivity contribution in [3.05, 3.63) is 57.8 Å². The molecule has 7 heteroatoms. The van der Waals surface area contributed by atoms with Crippen LogP contribution in [0, 0.1) is 5.82 Å². The van der Waals surface area contributed by atoms with Gasteiger partial charge in [0.05, 0.1) is 21.3 Å². The number of carboxylic acids is 1. The summed E-state index contributed by atoms with van der Waals surface area (Å²) in [5, 5.41) is 11.4. The van der Waals surface area contributed by atoms with Crippen LogP contribution in [0.1, 0.15) is 20.7 Å². The Morgan fingerprint density at radius 2 is 1.90 bits per heavy atom. The topological polar surface area (TPSA) is 92.4 Å². The predicted molar refractivity (Wildman–Crippen MR) is 79.9 cm³/mol. The summed E-state index contributed by atoms with van der Waals surface area (Å²) in [6, 6.07) is 8.22. The fourth-order valence-electron chi connectivity index (χ4n) is 1.72. The third-order valence-corrected chi connectivity index (χ3v) is 3.33. The van der Waals surface area contributed by atoms with Crippen molar-refractivity contribution in [2.75, 3.05) is 11.1 Å². The van der Waals surface area contributed by atoms with Crippen LogP contribution in [0.4, 0.5) is 15.8 Å². The van der Waals surface area contributed by atoms with Crippen LogP contribution in [-0.2, 0) is 0 Å². The van der Waals surface area contributed by atoms with Gasteiger partial charge < -0.3 is 16.2 Å². The van der Waals surface area contributed by atoms with Crippen molar-refractivity contribution in [2.45, 2.75) is 0 Å². The molecule has 0 heterocycles. The van der Waals surface area contributed by atoms with Crippen molar-refractivity contribution in [1.29, 1.82) is 0 Å². The summed E-state index contributed by atoms with van der Waals surface area (Å²) in [5.74, 6) is -2.71. The maximum atomic E-state index is 13.8. The van der Waals surface area contributed by atoms with E-state index < -0.39 is 17.7 Å². The van der Waals surface area contributed by atoms with Gasteiger partial charge in [0, 0.05) is 5.69 Å². The third kappa shape index (κ3) is 3.19. The minimum Gasteiger partial charge on any atom is -0.478 e. The number of nitrogen functional groups attached to an aromatic ring is 1. The van der Waals surface area contributed by atoms with Crippen molar-refractivity contribution < 1.29 is 19.1 Å². The van der Waals surface area contributed by atoms with Crippen LogP contribution in [0.5, 0.6) is 0 Å². The lowest BCUT2D eigenvalue weighted by molar-refractivity contribution is 0.0698. The smallest absolute Gasteiger partial charge is 0.337 e. The summed E-state index contributed by atoms with van der Waals surface area (Å²) in [5.41, 5.74) is 5.52. The van der Waals surface area contributed by atoms with E-state index in [4.69, 9.17) is 10.8 Å². The Hall–Kier alpha value is -2.41. The highest BCUT2D eigenvalue weighted by molar-refractivity contribution is 9.10. The number of nitrogens with one attached hydrogen (secondary N) is 1. The Balaban J connectivity index is 2.38. The Bertz CT molecular complexity index is 734. The summed E-state index contributed by atoms with van der Waals surface area (Å²) in [6.07, 6.45) is 0. The van der Waals surface area contributed by atoms with E-state index in [1.807, 2.05) is 0 Å². The summed E-state index contributed by atoms with van der Waals surface area (Å²) in [6.45, 7) is 0. The predicted octanol–water partition coefficient (Wildman–Crippen LogP) is 3.12. The Morgan fingerprint density at radius 1 is 1.19 bits per heavy atom. The van der Waals surface area contributed by atoms with Gasteiger partial charge in [-0.05, 0) is 46.3 Å². The maximum absolute atomic E-state index is 13.8. The van der Waals surface area contributed by atoms with Crippen molar-refractivity contribution in [2.24, 2.45) is 0 Å². The van der Waals surface area contributed by atoms with E-state index in [0.29, 0.717) is 0 Å². The van der Waals surface area contributed by atoms with Crippen LogP contribution in [0.15, 0.2) is 40.9 Å². The molecule has 2 aromatic rings. The second-order valence-electron chi connectivity index (χ2n) is 4.17. The number of amides is 1. The zero-order valence-electron chi connectivity index (χ0n) is 10.6. The lowest BCUT2D eigenvalue weighted by atomic mass is 10.1. The Morgan fingerprint density at radius 3 is 2.57 bits per heavy atom. The molecule has 0 aromatic heterocycles. The Kier molecular flexibility index (Phi) is 4.23. The van der Waals surface area contributed by atoms with Gasteiger partial charge in [-0.15, -0.1) is 0 Å². The van der Waals surface area contributed by atoms with E-state index in [0.717, 1.165) is 0 Å². The molecule has 0 saturated carbocycles. The monoisotopic (exact) mass is 352 g/mol. The van der Waals surface area contributed by atoms with Crippen LogP contribution in [0.2, 0.25) is 0 Å². The van der Waals surface area contributed by atoms with Gasteiger partial charge in [-0.25, -0.2) is 9.18 Å². The average Bonchev–Trinajstić information content (AvgIpc) is 2.41. The summed E-state index contributed by atoms with van der Waals surface area (Å²) < 4.78 is 14.0. The molecule has 5 nitrogen and oxygen atoms in total. The molecule has 1 amide bonds. The number of benzene rings is 2. The zero-order valence-corrected chi connectivity index (χ0v) is 12.1. The molecule has 0 atom stereocenters. The molecule has 2 rings (SSSR count). The molecule has 0 bridgehead atoms. The number of carbonyl (C=O) groups excluding carboxylic acids is 1. The van der Waals surface area contributed by atoms with Crippen molar-refractivity contribution in [3.63, 3.8) is 0 Å². The van der Waals surface area contributed by atoms with E-state index >= 15 is 0 Å². The van der Waals surface area contributed by atoms with Gasteiger partial charge in [-0.3, -0.25) is 4.79 Å². The molecular formula is C14H10BrFN2O3. The second kappa shape index (κ2) is 5.92. The van der Waals surface area contributed by atoms with Crippen LogP contribution in [-0.4, -0.2) is 17.0 Å². The van der Waals surface area contributed by atoms with Gasteiger partial charge in [-0.1, -0.05) is 6.07 Å². The quantitative estimate of drug-likeness (QED) is 0.740. The zero-order chi connectivity index (χ0) is 15.6. The van der Waals surface area contributed by atoms with Gasteiger partial charge in [0.2, 0.25) is 0 Å². The Labute approximate surface area is 127 Å². The third-order valence-electron chi connectivity index (χ3n) is 2.72. The number of carbonyl (C=O) groups is 2. The fourth-order valence-corrected chi connectivity index (χ4v) is 2.09. The number of hydrogen-bond donors (Lipinski definition) is 3. The van der Waals surface area contributed by atoms with Gasteiger partial charge in [0.1, 0.15) is 5.82 Å². The van der Waals surface area contributed by atoms with Gasteiger partial charge in [-0.2, -0.15) is 0 Å². The molecule has 0 aliphatic heterocycles. The fraction of sp³-hybridized carbons (Fsp3) is 0. The van der Waals surface area contributed by atoms with E-state index in [9.17, 15) is 14.0 Å². The molecule has 2 aromatic carbocycles. The first-order valence-electron chi connectivity index (χ1n) is 5.78. The van der Waals surface area contributed by atoms with E-state index in [2.05, 4.69) is 21.2 Å². The van der Waals surface area contributed by atoms with Crippen LogP contribution < -0.4 is 11.1 Å². The van der Waals surface area contributed by atoms with Crippen molar-refractivity contribution in [3.8, 4) is 0 Å². The first-order valence-corrected chi connectivity index (χ1v) is 6.57. The number of hydrogen-bond acceptors (Lipinski definition) is 3. The number of rotatable bonds is 3. The molecule has 0 spiro atoms. The molecule has 0 aliphatic rings. The van der Waals surface area contributed by atoms with Crippen LogP contribution in [0.3, 0.4) is 0 Å². The number of aromatic carboxylic acids is 1. The highest BCUT2D eigenvalue weighted by atomic mass is 79.9. The largest absolute Gasteiger partial charge is 0.478 e. The van der Waals surface area contributed by atoms with Gasteiger partial charge in [0.15, 0.2) is 0 Å². The molecule has 0 unspecified atom stereocenters. The lowest BCUT2D eigenvalue weighted by Gasteiger charge is -2.10. The number of anilines is 2. The maximum Gasteiger partial charge on any atom is 0.337 e. The first kappa shape index (κ1) is 15.0. The average molecular weight is 353 g/mol. The summed E-state index contributed by atoms with van der Waals surface area (Å²) in [7, 11) is 0. The SMILES string of the molecule is Nc1ccc(C(=O)O)c(NC(=O)c2cccc(Br)c2F)c1. The molecule has 0 radical (unpaired) electrons. The molecule has 108 valence electrons. The number of nitrogens with two attached hydrogens (primary N) is 1. The summed E-state index contributed by atoms with van der Waals surface area (Å²) in [4.78, 5) is 23.2. The normalized spacial score (nSPS) is 10.2. The van der Waals surface area contributed by atoms with Gasteiger partial charge >= 0.3 is 5.97 Å².